The Morgan fingerprint density at radius 2 is 1.80 bits per heavy atom. The largest absolute Gasteiger partial charge is 0.435 e. The molecule has 14 heteroatoms. The van der Waals surface area contributed by atoms with Crippen molar-refractivity contribution in [3.8, 4) is 0 Å². The molecule has 2 aromatic rings. The van der Waals surface area contributed by atoms with Gasteiger partial charge in [-0.15, -0.1) is 0 Å². The molecule has 1 unspecified atom stereocenters. The average molecular weight is 499 g/mol. The highest BCUT2D eigenvalue weighted by Gasteiger charge is 2.45. The first-order valence-corrected chi connectivity index (χ1v) is 10.8. The number of amides is 2. The van der Waals surface area contributed by atoms with Gasteiger partial charge in [-0.25, -0.2) is 9.97 Å². The number of fused-ring (bicyclic) bond motifs is 1. The maximum absolute atomic E-state index is 13.9. The smallest absolute Gasteiger partial charge is 0.356 e. The molecule has 2 aliphatic rings. The second-order valence-electron chi connectivity index (χ2n) is 8.60. The number of aromatic nitrogens is 2. The topological polar surface area (TPSA) is 87.2 Å². The molecule has 1 atom stereocenters. The minimum atomic E-state index is -5.30. The van der Waals surface area contributed by atoms with Crippen molar-refractivity contribution in [2.75, 3.05) is 23.3 Å². The minimum absolute atomic E-state index is 0.0447. The van der Waals surface area contributed by atoms with Crippen LogP contribution in [0.3, 0.4) is 0 Å². The summed E-state index contributed by atoms with van der Waals surface area (Å²) in [5.41, 5.74) is -2.69. The molecule has 1 aromatic carbocycles. The lowest BCUT2D eigenvalue weighted by Crippen LogP contribution is -2.36. The Labute approximate surface area is 196 Å². The fourth-order valence-corrected chi connectivity index (χ4v) is 4.30. The van der Waals surface area contributed by atoms with E-state index in [9.17, 15) is 35.9 Å². The van der Waals surface area contributed by atoms with Crippen LogP contribution < -0.4 is 21.0 Å². The lowest BCUT2D eigenvalue weighted by molar-refractivity contribution is -0.146. The van der Waals surface area contributed by atoms with E-state index in [1.165, 1.54) is 4.90 Å². The van der Waals surface area contributed by atoms with E-state index in [4.69, 9.17) is 0 Å². The van der Waals surface area contributed by atoms with Gasteiger partial charge in [-0.05, 0) is 23.5 Å². The quantitative estimate of drug-likeness (QED) is 0.495. The molecule has 1 fully saturated rings. The summed E-state index contributed by atoms with van der Waals surface area (Å²) in [5, 5.41) is 4.18. The summed E-state index contributed by atoms with van der Waals surface area (Å²) >= 11 is 0. The monoisotopic (exact) mass is 499 g/mol. The Balaban J connectivity index is 1.72. The van der Waals surface area contributed by atoms with Crippen molar-refractivity contribution in [3.05, 3.63) is 40.7 Å². The molecule has 2 amide bonds. The molecule has 0 aliphatic carbocycles. The van der Waals surface area contributed by atoms with Crippen LogP contribution in [0.15, 0.2) is 18.2 Å². The summed E-state index contributed by atoms with van der Waals surface area (Å²) in [7, 11) is 1.80. The summed E-state index contributed by atoms with van der Waals surface area (Å²) in [5.74, 6) is -2.70. The molecular formula is C21H20BF6N5O2. The molecule has 2 aliphatic heterocycles. The van der Waals surface area contributed by atoms with Crippen molar-refractivity contribution in [2.24, 2.45) is 5.92 Å². The van der Waals surface area contributed by atoms with Crippen LogP contribution in [0.25, 0.3) is 0 Å². The van der Waals surface area contributed by atoms with Crippen LogP contribution >= 0.6 is 0 Å². The summed E-state index contributed by atoms with van der Waals surface area (Å²) in [6, 6.07) is 5.49. The van der Waals surface area contributed by atoms with Crippen molar-refractivity contribution in [3.63, 3.8) is 0 Å². The van der Waals surface area contributed by atoms with Gasteiger partial charge in [0.05, 0.1) is 0 Å². The SMILES string of the molecule is Bc1cccc2c1CN(c1nc(C(F)(F)F)c(NC(=O)CC3CNC(=O)C3)c(C(F)(F)F)n1)CC2. The molecule has 2 N–H and O–H groups in total. The lowest BCUT2D eigenvalue weighted by Gasteiger charge is -2.31. The standard InChI is InChI=1S/C21H20BF6N5O2/c22-13-3-1-2-11-4-5-33(9-12(11)13)19-31-17(20(23,24)25)16(18(32-19)21(26,27)28)30-15(35)7-10-6-14(34)29-8-10/h1-3,10H,4-9,22H2,(H,29,34)(H,30,35). The summed E-state index contributed by atoms with van der Waals surface area (Å²) in [4.78, 5) is 31.8. The Hall–Kier alpha value is -3.32. The molecule has 1 saturated heterocycles. The van der Waals surface area contributed by atoms with Gasteiger partial charge in [0.25, 0.3) is 0 Å². The molecule has 0 bridgehead atoms. The third kappa shape index (κ3) is 5.35. The zero-order valence-electron chi connectivity index (χ0n) is 18.5. The maximum Gasteiger partial charge on any atom is 0.435 e. The van der Waals surface area contributed by atoms with Crippen molar-refractivity contribution in [2.45, 2.75) is 38.2 Å². The zero-order valence-corrected chi connectivity index (χ0v) is 18.5. The van der Waals surface area contributed by atoms with Crippen LogP contribution in [0.1, 0.15) is 35.4 Å². The van der Waals surface area contributed by atoms with Gasteiger partial charge < -0.3 is 15.5 Å². The fourth-order valence-electron chi connectivity index (χ4n) is 4.30. The van der Waals surface area contributed by atoms with E-state index >= 15 is 0 Å². The number of carbonyl (C=O) groups is 2. The summed E-state index contributed by atoms with van der Waals surface area (Å²) < 4.78 is 83.3. The van der Waals surface area contributed by atoms with Crippen LogP contribution in [0.5, 0.6) is 0 Å². The Kier molecular flexibility index (Phi) is 6.41. The molecule has 0 saturated carbocycles. The number of nitrogens with one attached hydrogen (secondary N) is 2. The van der Waals surface area contributed by atoms with E-state index in [0.29, 0.717) is 6.42 Å². The van der Waals surface area contributed by atoms with Crippen LogP contribution in [-0.4, -0.2) is 42.7 Å². The number of hydrogen-bond acceptors (Lipinski definition) is 5. The number of alkyl halides is 6. The first kappa shape index (κ1) is 24.8. The number of anilines is 2. The van der Waals surface area contributed by atoms with Gasteiger partial charge in [-0.1, -0.05) is 23.7 Å². The summed E-state index contributed by atoms with van der Waals surface area (Å²) in [6.45, 7) is 0.278. The highest BCUT2D eigenvalue weighted by Crippen LogP contribution is 2.42. The van der Waals surface area contributed by atoms with E-state index in [2.05, 4.69) is 15.3 Å². The first-order chi connectivity index (χ1) is 16.3. The van der Waals surface area contributed by atoms with Gasteiger partial charge in [0.1, 0.15) is 13.5 Å². The zero-order chi connectivity index (χ0) is 25.5. The van der Waals surface area contributed by atoms with Crippen LogP contribution in [0.2, 0.25) is 0 Å². The summed E-state index contributed by atoms with van der Waals surface area (Å²) in [6.07, 6.45) is -10.7. The van der Waals surface area contributed by atoms with Crippen LogP contribution in [0, 0.1) is 5.92 Å². The minimum Gasteiger partial charge on any atom is -0.356 e. The average Bonchev–Trinajstić information content (AvgIpc) is 3.16. The molecule has 3 heterocycles. The number of benzene rings is 1. The van der Waals surface area contributed by atoms with E-state index in [1.54, 1.807) is 19.2 Å². The third-order valence-electron chi connectivity index (χ3n) is 6.02. The Morgan fingerprint density at radius 3 is 2.37 bits per heavy atom. The second kappa shape index (κ2) is 9.04. The van der Waals surface area contributed by atoms with E-state index < -0.39 is 53.6 Å². The van der Waals surface area contributed by atoms with E-state index in [0.717, 1.165) is 16.6 Å². The highest BCUT2D eigenvalue weighted by atomic mass is 19.4. The fraction of sp³-hybridized carbons (Fsp3) is 0.429. The van der Waals surface area contributed by atoms with Gasteiger partial charge in [-0.2, -0.15) is 26.3 Å². The van der Waals surface area contributed by atoms with Crippen molar-refractivity contribution >= 4 is 36.8 Å². The van der Waals surface area contributed by atoms with Gasteiger partial charge >= 0.3 is 12.4 Å². The van der Waals surface area contributed by atoms with Gasteiger partial charge in [-0.3, -0.25) is 9.59 Å². The molecule has 1 aromatic heterocycles. The number of carbonyl (C=O) groups excluding carboxylic acids is 2. The number of nitrogens with zero attached hydrogens (tertiary/aromatic N) is 3. The van der Waals surface area contributed by atoms with Gasteiger partial charge in [0, 0.05) is 32.5 Å². The predicted octanol–water partition coefficient (Wildman–Crippen LogP) is 1.80. The molecule has 4 rings (SSSR count). The maximum atomic E-state index is 13.9. The number of halogens is 6. The second-order valence-corrected chi connectivity index (χ2v) is 8.60. The lowest BCUT2D eigenvalue weighted by atomic mass is 9.85. The van der Waals surface area contributed by atoms with Crippen LogP contribution in [0.4, 0.5) is 38.0 Å². The molecule has 0 radical (unpaired) electrons. The van der Waals surface area contributed by atoms with E-state index in [-0.39, 0.29) is 32.0 Å². The van der Waals surface area contributed by atoms with E-state index in [1.807, 2.05) is 12.1 Å². The predicted molar refractivity (Wildman–Crippen MR) is 116 cm³/mol. The first-order valence-electron chi connectivity index (χ1n) is 10.8. The highest BCUT2D eigenvalue weighted by molar-refractivity contribution is 6.33. The molecule has 35 heavy (non-hydrogen) atoms. The van der Waals surface area contributed by atoms with Gasteiger partial charge in [0.2, 0.25) is 17.8 Å². The number of hydrogen-bond donors (Lipinski definition) is 2. The molecule has 7 nitrogen and oxygen atoms in total. The van der Waals surface area contributed by atoms with Crippen molar-refractivity contribution < 1.29 is 35.9 Å². The van der Waals surface area contributed by atoms with Gasteiger partial charge in [0.15, 0.2) is 11.4 Å². The van der Waals surface area contributed by atoms with Crippen LogP contribution in [-0.2, 0) is 34.9 Å². The molecule has 186 valence electrons. The number of rotatable bonds is 4. The Morgan fingerprint density at radius 1 is 1.14 bits per heavy atom. The van der Waals surface area contributed by atoms with Crippen molar-refractivity contribution in [1.29, 1.82) is 0 Å². The van der Waals surface area contributed by atoms with Crippen molar-refractivity contribution in [1.82, 2.24) is 15.3 Å². The Bertz CT molecular complexity index is 1130. The third-order valence-corrected chi connectivity index (χ3v) is 6.02. The normalized spacial score (nSPS) is 18.3. The molecule has 0 spiro atoms. The molecular weight excluding hydrogens is 479 g/mol.